The SMILES string of the molecule is COC1CN(O)CC(CO)O1. The van der Waals surface area contributed by atoms with Crippen LogP contribution >= 0.6 is 0 Å². The maximum absolute atomic E-state index is 9.07. The van der Waals surface area contributed by atoms with Crippen LogP contribution in [0.4, 0.5) is 0 Å². The summed E-state index contributed by atoms with van der Waals surface area (Å²) in [4.78, 5) is 0. The van der Waals surface area contributed by atoms with Crippen molar-refractivity contribution in [1.82, 2.24) is 5.06 Å². The van der Waals surface area contributed by atoms with Crippen molar-refractivity contribution in [3.8, 4) is 0 Å². The molecule has 5 heteroatoms. The van der Waals surface area contributed by atoms with Crippen molar-refractivity contribution in [2.24, 2.45) is 0 Å². The van der Waals surface area contributed by atoms with Crippen molar-refractivity contribution in [2.45, 2.75) is 12.4 Å². The summed E-state index contributed by atoms with van der Waals surface area (Å²) in [6.07, 6.45) is -0.787. The lowest BCUT2D eigenvalue weighted by molar-refractivity contribution is -0.263. The zero-order valence-corrected chi connectivity index (χ0v) is 6.43. The van der Waals surface area contributed by atoms with E-state index in [2.05, 4.69) is 0 Å². The summed E-state index contributed by atoms with van der Waals surface area (Å²) in [5.74, 6) is 0. The molecule has 0 amide bonds. The average Bonchev–Trinajstić information content (AvgIpc) is 2.03. The molecular formula is C6H13NO4. The summed E-state index contributed by atoms with van der Waals surface area (Å²) in [6.45, 7) is 0.556. The zero-order chi connectivity index (χ0) is 8.27. The molecule has 1 aliphatic rings. The highest BCUT2D eigenvalue weighted by Crippen LogP contribution is 2.08. The Morgan fingerprint density at radius 1 is 1.64 bits per heavy atom. The lowest BCUT2D eigenvalue weighted by Gasteiger charge is -2.32. The fourth-order valence-electron chi connectivity index (χ4n) is 1.01. The molecule has 0 aromatic rings. The van der Waals surface area contributed by atoms with E-state index < -0.39 is 6.29 Å². The molecule has 1 fully saturated rings. The number of hydrogen-bond donors (Lipinski definition) is 2. The van der Waals surface area contributed by atoms with Gasteiger partial charge in [0.05, 0.1) is 25.8 Å². The first-order chi connectivity index (χ1) is 5.26. The van der Waals surface area contributed by atoms with E-state index in [4.69, 9.17) is 19.8 Å². The highest BCUT2D eigenvalue weighted by molar-refractivity contribution is 4.67. The van der Waals surface area contributed by atoms with Gasteiger partial charge in [0.2, 0.25) is 0 Å². The van der Waals surface area contributed by atoms with Gasteiger partial charge in [-0.05, 0) is 0 Å². The van der Waals surface area contributed by atoms with Gasteiger partial charge in [-0.15, -0.1) is 0 Å². The summed E-state index contributed by atoms with van der Waals surface area (Å²) in [6, 6.07) is 0. The first-order valence-corrected chi connectivity index (χ1v) is 3.49. The van der Waals surface area contributed by atoms with Crippen LogP contribution in [-0.2, 0) is 9.47 Å². The summed E-state index contributed by atoms with van der Waals surface area (Å²) >= 11 is 0. The monoisotopic (exact) mass is 163 g/mol. The molecule has 0 spiro atoms. The lowest BCUT2D eigenvalue weighted by atomic mass is 10.3. The van der Waals surface area contributed by atoms with E-state index in [0.717, 1.165) is 5.06 Å². The van der Waals surface area contributed by atoms with Crippen molar-refractivity contribution in [1.29, 1.82) is 0 Å². The fourth-order valence-corrected chi connectivity index (χ4v) is 1.01. The molecule has 0 aromatic carbocycles. The number of rotatable bonds is 2. The third kappa shape index (κ3) is 2.39. The van der Waals surface area contributed by atoms with Crippen molar-refractivity contribution in [2.75, 3.05) is 26.8 Å². The summed E-state index contributed by atoms with van der Waals surface area (Å²) in [5.41, 5.74) is 0. The first-order valence-electron chi connectivity index (χ1n) is 3.49. The van der Waals surface area contributed by atoms with Crippen LogP contribution in [0, 0.1) is 0 Å². The molecular weight excluding hydrogens is 150 g/mol. The van der Waals surface area contributed by atoms with Crippen LogP contribution in [-0.4, -0.2) is 54.6 Å². The minimum atomic E-state index is -0.439. The molecule has 0 aromatic heterocycles. The van der Waals surface area contributed by atoms with Gasteiger partial charge < -0.3 is 19.8 Å². The van der Waals surface area contributed by atoms with Crippen LogP contribution in [0.2, 0.25) is 0 Å². The zero-order valence-electron chi connectivity index (χ0n) is 6.43. The molecule has 1 rings (SSSR count). The van der Waals surface area contributed by atoms with E-state index in [0.29, 0.717) is 13.1 Å². The molecule has 5 nitrogen and oxygen atoms in total. The number of ether oxygens (including phenoxy) is 2. The predicted octanol–water partition coefficient (Wildman–Crippen LogP) is -0.959. The third-order valence-corrected chi connectivity index (χ3v) is 1.58. The predicted molar refractivity (Wildman–Crippen MR) is 36.1 cm³/mol. The highest BCUT2D eigenvalue weighted by atomic mass is 16.7. The molecule has 0 aliphatic carbocycles. The van der Waals surface area contributed by atoms with Crippen LogP contribution in [0.5, 0.6) is 0 Å². The Morgan fingerprint density at radius 3 is 2.91 bits per heavy atom. The molecule has 1 saturated heterocycles. The van der Waals surface area contributed by atoms with Crippen molar-refractivity contribution < 1.29 is 19.8 Å². The summed E-state index contributed by atoms with van der Waals surface area (Å²) in [7, 11) is 1.50. The van der Waals surface area contributed by atoms with Gasteiger partial charge in [0, 0.05) is 7.11 Å². The minimum absolute atomic E-state index is 0.100. The molecule has 0 saturated carbocycles. The molecule has 66 valence electrons. The number of hydroxylamine groups is 2. The second-order valence-electron chi connectivity index (χ2n) is 2.48. The number of hydrogen-bond acceptors (Lipinski definition) is 5. The maximum atomic E-state index is 9.07. The topological polar surface area (TPSA) is 62.2 Å². The van der Waals surface area contributed by atoms with E-state index in [9.17, 15) is 0 Å². The largest absolute Gasteiger partial charge is 0.394 e. The van der Waals surface area contributed by atoms with E-state index in [1.54, 1.807) is 0 Å². The number of aliphatic hydroxyl groups is 1. The third-order valence-electron chi connectivity index (χ3n) is 1.58. The molecule has 1 heterocycles. The van der Waals surface area contributed by atoms with E-state index >= 15 is 0 Å². The Labute approximate surface area is 65.1 Å². The van der Waals surface area contributed by atoms with Crippen LogP contribution in [0.1, 0.15) is 0 Å². The molecule has 2 atom stereocenters. The number of nitrogens with zero attached hydrogens (tertiary/aromatic N) is 1. The van der Waals surface area contributed by atoms with Gasteiger partial charge >= 0.3 is 0 Å². The second kappa shape index (κ2) is 3.99. The molecule has 2 unspecified atom stereocenters. The Morgan fingerprint density at radius 2 is 2.36 bits per heavy atom. The fraction of sp³-hybridized carbons (Fsp3) is 1.00. The normalized spacial score (nSPS) is 34.1. The summed E-state index contributed by atoms with van der Waals surface area (Å²) in [5, 5.41) is 18.9. The number of methoxy groups -OCH3 is 1. The van der Waals surface area contributed by atoms with Crippen LogP contribution < -0.4 is 0 Å². The van der Waals surface area contributed by atoms with Gasteiger partial charge in [-0.2, -0.15) is 5.06 Å². The lowest BCUT2D eigenvalue weighted by Crippen LogP contribution is -2.48. The van der Waals surface area contributed by atoms with Gasteiger partial charge in [-0.3, -0.25) is 0 Å². The van der Waals surface area contributed by atoms with Gasteiger partial charge in [0.25, 0.3) is 0 Å². The average molecular weight is 163 g/mol. The van der Waals surface area contributed by atoms with Crippen molar-refractivity contribution in [3.63, 3.8) is 0 Å². The molecule has 11 heavy (non-hydrogen) atoms. The van der Waals surface area contributed by atoms with E-state index in [-0.39, 0.29) is 12.7 Å². The van der Waals surface area contributed by atoms with E-state index in [1.807, 2.05) is 0 Å². The van der Waals surface area contributed by atoms with Crippen molar-refractivity contribution in [3.05, 3.63) is 0 Å². The van der Waals surface area contributed by atoms with Gasteiger partial charge in [0.15, 0.2) is 6.29 Å². The van der Waals surface area contributed by atoms with Gasteiger partial charge in [-0.1, -0.05) is 0 Å². The number of aliphatic hydroxyl groups excluding tert-OH is 1. The van der Waals surface area contributed by atoms with E-state index in [1.165, 1.54) is 7.11 Å². The van der Waals surface area contributed by atoms with Crippen molar-refractivity contribution >= 4 is 0 Å². The Hall–Kier alpha value is -0.200. The van der Waals surface area contributed by atoms with Crippen LogP contribution in [0.15, 0.2) is 0 Å². The van der Waals surface area contributed by atoms with Crippen LogP contribution in [0.25, 0.3) is 0 Å². The molecule has 0 radical (unpaired) electrons. The highest BCUT2D eigenvalue weighted by Gasteiger charge is 2.25. The maximum Gasteiger partial charge on any atom is 0.172 e. The Bertz CT molecular complexity index is 109. The van der Waals surface area contributed by atoms with Gasteiger partial charge in [-0.25, -0.2) is 0 Å². The van der Waals surface area contributed by atoms with Crippen LogP contribution in [0.3, 0.4) is 0 Å². The molecule has 2 N–H and O–H groups in total. The second-order valence-corrected chi connectivity index (χ2v) is 2.48. The Balaban J connectivity index is 2.37. The Kier molecular flexibility index (Phi) is 3.22. The molecule has 0 bridgehead atoms. The van der Waals surface area contributed by atoms with Gasteiger partial charge in [0.1, 0.15) is 0 Å². The first kappa shape index (κ1) is 8.89. The molecule has 1 aliphatic heterocycles. The summed E-state index contributed by atoms with van der Waals surface area (Å²) < 4.78 is 10.0. The number of morpholine rings is 1. The minimum Gasteiger partial charge on any atom is -0.394 e. The smallest absolute Gasteiger partial charge is 0.172 e. The quantitative estimate of drug-likeness (QED) is 0.549. The standard InChI is InChI=1S/C6H13NO4/c1-10-6-3-7(9)2-5(4-8)11-6/h5-6,8-9H,2-4H2,1H3.